The van der Waals surface area contributed by atoms with Crippen LogP contribution >= 0.6 is 0 Å². The number of aromatic nitrogens is 1. The fraction of sp³-hybridized carbons (Fsp3) is 0.438. The number of carbonyl (C=O) groups excluding carboxylic acids is 2. The normalized spacial score (nSPS) is 10.7. The molecule has 23 heavy (non-hydrogen) atoms. The second-order valence-electron chi connectivity index (χ2n) is 5.16. The summed E-state index contributed by atoms with van der Waals surface area (Å²) in [6, 6.07) is 6.98. The number of amides is 1. The summed E-state index contributed by atoms with van der Waals surface area (Å²) < 4.78 is 10.9. The Balaban J connectivity index is 1.75. The fourth-order valence-electron chi connectivity index (χ4n) is 2.26. The molecule has 0 aliphatic rings. The second kappa shape index (κ2) is 8.17. The van der Waals surface area contributed by atoms with Gasteiger partial charge in [-0.05, 0) is 25.0 Å². The molecular formula is C16H20N2O5. The lowest BCUT2D eigenvalue weighted by molar-refractivity contribution is -0.140. The standard InChI is InChI=1S/C16H20N2O5/c1-22-15(20)9-3-2-6-10-17-14(19)11-18-12-7-4-5-8-13(12)23-16(18)21/h4-5,7-8H,2-3,6,9-11H2,1H3,(H,17,19). The van der Waals surface area contributed by atoms with Crippen LogP contribution in [0.25, 0.3) is 11.1 Å². The SMILES string of the molecule is COC(=O)CCCCCNC(=O)Cn1c(=O)oc2ccccc21. The summed E-state index contributed by atoms with van der Waals surface area (Å²) in [5.74, 6) is -1.01. The molecule has 0 saturated carbocycles. The highest BCUT2D eigenvalue weighted by atomic mass is 16.5. The van der Waals surface area contributed by atoms with Crippen LogP contribution in [0.4, 0.5) is 0 Å². The zero-order valence-electron chi connectivity index (χ0n) is 13.0. The quantitative estimate of drug-likeness (QED) is 0.587. The van der Waals surface area contributed by atoms with E-state index in [2.05, 4.69) is 10.1 Å². The first-order valence-corrected chi connectivity index (χ1v) is 7.53. The van der Waals surface area contributed by atoms with E-state index in [1.54, 1.807) is 24.3 Å². The molecule has 7 nitrogen and oxygen atoms in total. The van der Waals surface area contributed by atoms with Crippen LogP contribution < -0.4 is 11.1 Å². The third kappa shape index (κ3) is 4.70. The molecule has 0 atom stereocenters. The van der Waals surface area contributed by atoms with E-state index in [-0.39, 0.29) is 18.4 Å². The van der Waals surface area contributed by atoms with Gasteiger partial charge in [-0.1, -0.05) is 18.6 Å². The molecule has 0 unspecified atom stereocenters. The van der Waals surface area contributed by atoms with Crippen LogP contribution in [-0.2, 0) is 20.9 Å². The highest BCUT2D eigenvalue weighted by molar-refractivity contribution is 5.79. The smallest absolute Gasteiger partial charge is 0.420 e. The van der Waals surface area contributed by atoms with Crippen molar-refractivity contribution in [3.63, 3.8) is 0 Å². The molecule has 0 fully saturated rings. The molecule has 2 aromatic rings. The van der Waals surface area contributed by atoms with Gasteiger partial charge in [-0.2, -0.15) is 0 Å². The van der Waals surface area contributed by atoms with Crippen LogP contribution in [0.1, 0.15) is 25.7 Å². The highest BCUT2D eigenvalue weighted by Gasteiger charge is 2.11. The number of hydrogen-bond donors (Lipinski definition) is 1. The number of fused-ring (bicyclic) bond motifs is 1. The summed E-state index contributed by atoms with van der Waals surface area (Å²) in [5, 5.41) is 2.76. The minimum absolute atomic E-state index is 0.0714. The van der Waals surface area contributed by atoms with Gasteiger partial charge in [-0.3, -0.25) is 14.2 Å². The predicted molar refractivity (Wildman–Crippen MR) is 84.0 cm³/mol. The van der Waals surface area contributed by atoms with Crippen molar-refractivity contribution in [2.45, 2.75) is 32.2 Å². The average molecular weight is 320 g/mol. The van der Waals surface area contributed by atoms with Crippen molar-refractivity contribution in [1.29, 1.82) is 0 Å². The molecule has 1 amide bonds. The van der Waals surface area contributed by atoms with E-state index in [0.29, 0.717) is 24.1 Å². The lowest BCUT2D eigenvalue weighted by Crippen LogP contribution is -2.31. The molecule has 1 aromatic heterocycles. The van der Waals surface area contributed by atoms with Crippen LogP contribution in [0.2, 0.25) is 0 Å². The Bertz CT molecular complexity index is 731. The Hall–Kier alpha value is -2.57. The number of rotatable bonds is 8. The van der Waals surface area contributed by atoms with Crippen LogP contribution in [0.3, 0.4) is 0 Å². The molecule has 0 radical (unpaired) electrons. The van der Waals surface area contributed by atoms with Crippen molar-refractivity contribution >= 4 is 23.0 Å². The van der Waals surface area contributed by atoms with Gasteiger partial charge in [0.05, 0.1) is 12.6 Å². The molecular weight excluding hydrogens is 300 g/mol. The van der Waals surface area contributed by atoms with Gasteiger partial charge in [0, 0.05) is 13.0 Å². The fourth-order valence-corrected chi connectivity index (χ4v) is 2.26. The summed E-state index contributed by atoms with van der Waals surface area (Å²) in [4.78, 5) is 34.6. The summed E-state index contributed by atoms with van der Waals surface area (Å²) in [6.45, 7) is 0.433. The molecule has 0 aliphatic carbocycles. The van der Waals surface area contributed by atoms with Gasteiger partial charge in [0.15, 0.2) is 5.58 Å². The minimum atomic E-state index is -0.542. The number of oxazole rings is 1. The van der Waals surface area contributed by atoms with Crippen LogP contribution in [0.15, 0.2) is 33.5 Å². The maximum Gasteiger partial charge on any atom is 0.420 e. The molecule has 124 valence electrons. The number of para-hydroxylation sites is 2. The number of ether oxygens (including phenoxy) is 1. The van der Waals surface area contributed by atoms with Gasteiger partial charge < -0.3 is 14.5 Å². The van der Waals surface area contributed by atoms with Crippen molar-refractivity contribution in [3.8, 4) is 0 Å². The Morgan fingerprint density at radius 3 is 2.78 bits per heavy atom. The Labute approximate surface area is 133 Å². The number of benzene rings is 1. The predicted octanol–water partition coefficient (Wildman–Crippen LogP) is 1.44. The lowest BCUT2D eigenvalue weighted by atomic mass is 10.2. The van der Waals surface area contributed by atoms with E-state index in [4.69, 9.17) is 4.42 Å². The van der Waals surface area contributed by atoms with E-state index in [1.165, 1.54) is 11.7 Å². The Kier molecular flexibility index (Phi) is 5.96. The number of methoxy groups -OCH3 is 1. The number of esters is 1. The van der Waals surface area contributed by atoms with Crippen molar-refractivity contribution in [3.05, 3.63) is 34.8 Å². The lowest BCUT2D eigenvalue weighted by Gasteiger charge is -2.05. The van der Waals surface area contributed by atoms with E-state index in [0.717, 1.165) is 19.3 Å². The average Bonchev–Trinajstić information content (AvgIpc) is 2.86. The molecule has 1 heterocycles. The van der Waals surface area contributed by atoms with Crippen LogP contribution in [0.5, 0.6) is 0 Å². The Morgan fingerprint density at radius 1 is 1.22 bits per heavy atom. The Morgan fingerprint density at radius 2 is 2.00 bits per heavy atom. The van der Waals surface area contributed by atoms with Crippen LogP contribution in [0, 0.1) is 0 Å². The van der Waals surface area contributed by atoms with Gasteiger partial charge >= 0.3 is 11.7 Å². The van der Waals surface area contributed by atoms with Crippen molar-refractivity contribution < 1.29 is 18.7 Å². The first-order chi connectivity index (χ1) is 11.1. The molecule has 0 aliphatic heterocycles. The first-order valence-electron chi connectivity index (χ1n) is 7.53. The maximum absolute atomic E-state index is 11.9. The number of nitrogens with zero attached hydrogens (tertiary/aromatic N) is 1. The molecule has 1 N–H and O–H groups in total. The van der Waals surface area contributed by atoms with Gasteiger partial charge in [-0.15, -0.1) is 0 Å². The molecule has 1 aromatic carbocycles. The highest BCUT2D eigenvalue weighted by Crippen LogP contribution is 2.11. The third-order valence-corrected chi connectivity index (χ3v) is 3.48. The molecule has 2 rings (SSSR count). The second-order valence-corrected chi connectivity index (χ2v) is 5.16. The van der Waals surface area contributed by atoms with Crippen molar-refractivity contribution in [2.24, 2.45) is 0 Å². The monoisotopic (exact) mass is 320 g/mol. The number of hydrogen-bond acceptors (Lipinski definition) is 5. The van der Waals surface area contributed by atoms with E-state index in [1.807, 2.05) is 0 Å². The first kappa shape index (κ1) is 16.8. The van der Waals surface area contributed by atoms with Crippen molar-refractivity contribution in [1.82, 2.24) is 9.88 Å². The van der Waals surface area contributed by atoms with E-state index < -0.39 is 5.76 Å². The summed E-state index contributed by atoms with van der Waals surface area (Å²) in [7, 11) is 1.37. The third-order valence-electron chi connectivity index (χ3n) is 3.48. The summed E-state index contributed by atoms with van der Waals surface area (Å²) in [5.41, 5.74) is 1.07. The van der Waals surface area contributed by atoms with Gasteiger partial charge in [-0.25, -0.2) is 4.79 Å². The van der Waals surface area contributed by atoms with Crippen molar-refractivity contribution in [2.75, 3.05) is 13.7 Å². The van der Waals surface area contributed by atoms with Gasteiger partial charge in [0.1, 0.15) is 6.54 Å². The molecule has 0 saturated heterocycles. The van der Waals surface area contributed by atoms with E-state index in [9.17, 15) is 14.4 Å². The summed E-state index contributed by atoms with van der Waals surface area (Å²) in [6.07, 6.45) is 2.71. The zero-order chi connectivity index (χ0) is 16.7. The minimum Gasteiger partial charge on any atom is -0.469 e. The van der Waals surface area contributed by atoms with Crippen LogP contribution in [-0.4, -0.2) is 30.1 Å². The summed E-state index contributed by atoms with van der Waals surface area (Å²) >= 11 is 0. The molecule has 0 bridgehead atoms. The number of carbonyl (C=O) groups is 2. The number of unbranched alkanes of at least 4 members (excludes halogenated alkanes) is 2. The maximum atomic E-state index is 11.9. The largest absolute Gasteiger partial charge is 0.469 e. The topological polar surface area (TPSA) is 90.5 Å². The van der Waals surface area contributed by atoms with Gasteiger partial charge in [0.2, 0.25) is 5.91 Å². The van der Waals surface area contributed by atoms with E-state index >= 15 is 0 Å². The molecule has 7 heteroatoms. The zero-order valence-corrected chi connectivity index (χ0v) is 13.0. The molecule has 0 spiro atoms. The number of nitrogens with one attached hydrogen (secondary N) is 1. The van der Waals surface area contributed by atoms with Gasteiger partial charge in [0.25, 0.3) is 0 Å².